The van der Waals surface area contributed by atoms with Crippen molar-refractivity contribution in [2.24, 2.45) is 0 Å². The van der Waals surface area contributed by atoms with Crippen LogP contribution in [0.2, 0.25) is 0 Å². The van der Waals surface area contributed by atoms with Crippen LogP contribution in [-0.2, 0) is 0 Å². The summed E-state index contributed by atoms with van der Waals surface area (Å²) in [7, 11) is 0. The maximum Gasteiger partial charge on any atom is 0.163 e. The molecule has 0 fully saturated rings. The van der Waals surface area contributed by atoms with Gasteiger partial charge in [-0.25, -0.2) is 4.98 Å². The Bertz CT molecular complexity index is 2710. The maximum atomic E-state index is 4.77. The first kappa shape index (κ1) is 22.7. The number of fused-ring (bicyclic) bond motifs is 14. The van der Waals surface area contributed by atoms with E-state index in [1.165, 1.54) is 43.5 Å². The van der Waals surface area contributed by atoms with E-state index < -0.39 is 0 Å². The summed E-state index contributed by atoms with van der Waals surface area (Å²) in [5, 5.41) is 7.18. The van der Waals surface area contributed by atoms with Gasteiger partial charge in [0.25, 0.3) is 0 Å². The van der Waals surface area contributed by atoms with E-state index in [1.54, 1.807) is 0 Å². The van der Waals surface area contributed by atoms with Crippen LogP contribution in [0.5, 0.6) is 0 Å². The molecular formula is C38H23N5. The molecule has 0 saturated heterocycles. The molecule has 0 amide bonds. The summed E-state index contributed by atoms with van der Waals surface area (Å²) in [6, 6.07) is 43.5. The van der Waals surface area contributed by atoms with E-state index in [-0.39, 0.29) is 0 Å². The third-order valence-corrected chi connectivity index (χ3v) is 8.92. The van der Waals surface area contributed by atoms with Gasteiger partial charge in [-0.3, -0.25) is 9.38 Å². The first-order chi connectivity index (χ1) is 21.4. The summed E-state index contributed by atoms with van der Waals surface area (Å²) in [6.45, 7) is 0. The van der Waals surface area contributed by atoms with Crippen molar-refractivity contribution in [3.05, 3.63) is 140 Å². The molecule has 0 unspecified atom stereocenters. The fourth-order valence-corrected chi connectivity index (χ4v) is 7.26. The zero-order valence-corrected chi connectivity index (χ0v) is 23.0. The highest BCUT2D eigenvalue weighted by Gasteiger charge is 2.23. The first-order valence-electron chi connectivity index (χ1n) is 14.5. The number of imidazole rings is 1. The molecule has 5 heteroatoms. The average molecular weight is 550 g/mol. The van der Waals surface area contributed by atoms with Gasteiger partial charge < -0.3 is 9.13 Å². The minimum absolute atomic E-state index is 0.873. The molecule has 5 heterocycles. The fraction of sp³-hybridized carbons (Fsp3) is 0. The van der Waals surface area contributed by atoms with E-state index in [4.69, 9.17) is 9.97 Å². The highest BCUT2D eigenvalue weighted by atomic mass is 15.0. The van der Waals surface area contributed by atoms with Crippen LogP contribution < -0.4 is 0 Å². The van der Waals surface area contributed by atoms with Gasteiger partial charge in [-0.2, -0.15) is 0 Å². The number of benzene rings is 5. The molecule has 0 aliphatic rings. The smallest absolute Gasteiger partial charge is 0.163 e. The lowest BCUT2D eigenvalue weighted by molar-refractivity contribution is 1.17. The van der Waals surface area contributed by atoms with E-state index in [0.717, 1.165) is 39.0 Å². The molecule has 10 aromatic rings. The molecule has 0 aliphatic carbocycles. The molecule has 10 rings (SSSR count). The Kier molecular flexibility index (Phi) is 4.39. The van der Waals surface area contributed by atoms with Gasteiger partial charge in [-0.15, -0.1) is 0 Å². The molecule has 200 valence electrons. The second kappa shape index (κ2) is 8.30. The number of rotatable bonds is 2. The van der Waals surface area contributed by atoms with Gasteiger partial charge in [0, 0.05) is 62.3 Å². The Morgan fingerprint density at radius 2 is 1.07 bits per heavy atom. The van der Waals surface area contributed by atoms with Crippen LogP contribution in [0.1, 0.15) is 0 Å². The van der Waals surface area contributed by atoms with E-state index in [9.17, 15) is 0 Å². The van der Waals surface area contributed by atoms with Gasteiger partial charge in [0.2, 0.25) is 0 Å². The Morgan fingerprint density at radius 1 is 0.419 bits per heavy atom. The monoisotopic (exact) mass is 549 g/mol. The highest BCUT2D eigenvalue weighted by molar-refractivity contribution is 6.31. The molecule has 0 N–H and O–H groups in total. The van der Waals surface area contributed by atoms with E-state index in [1.807, 2.05) is 18.5 Å². The van der Waals surface area contributed by atoms with Gasteiger partial charge in [-0.05, 0) is 54.6 Å². The Labute approximate surface area is 245 Å². The van der Waals surface area contributed by atoms with Crippen LogP contribution in [0.15, 0.2) is 140 Å². The third-order valence-electron chi connectivity index (χ3n) is 8.92. The first-order valence-corrected chi connectivity index (χ1v) is 14.5. The zero-order chi connectivity index (χ0) is 28.1. The summed E-state index contributed by atoms with van der Waals surface area (Å²) >= 11 is 0. The van der Waals surface area contributed by atoms with Crippen molar-refractivity contribution in [2.45, 2.75) is 0 Å². The molecule has 0 saturated carbocycles. The second-order valence-electron chi connectivity index (χ2n) is 11.1. The molecule has 0 aliphatic heterocycles. The topological polar surface area (TPSA) is 40.1 Å². The molecule has 0 atom stereocenters. The van der Waals surface area contributed by atoms with E-state index in [2.05, 4.69) is 135 Å². The van der Waals surface area contributed by atoms with Crippen LogP contribution in [0.3, 0.4) is 0 Å². The van der Waals surface area contributed by atoms with Crippen molar-refractivity contribution in [3.63, 3.8) is 0 Å². The SMILES string of the molecule is c1ccc(-n2c3ccccc3c3c2ccc2c4c(ccc5c6cccnc6c6nccn6c54)n(-c4ccccc4)c23)cc1. The normalized spacial score (nSPS) is 12.2. The number of hydrogen-bond acceptors (Lipinski definition) is 2. The minimum atomic E-state index is 0.873. The van der Waals surface area contributed by atoms with Gasteiger partial charge >= 0.3 is 0 Å². The maximum absolute atomic E-state index is 4.77. The third kappa shape index (κ3) is 2.90. The number of para-hydroxylation sites is 3. The molecule has 0 radical (unpaired) electrons. The highest BCUT2D eigenvalue weighted by Crippen LogP contribution is 2.44. The van der Waals surface area contributed by atoms with Crippen LogP contribution >= 0.6 is 0 Å². The van der Waals surface area contributed by atoms with Crippen LogP contribution in [0, 0.1) is 0 Å². The van der Waals surface area contributed by atoms with Crippen LogP contribution in [0.25, 0.3) is 82.4 Å². The van der Waals surface area contributed by atoms with Crippen LogP contribution in [-0.4, -0.2) is 23.5 Å². The molecular weight excluding hydrogens is 526 g/mol. The standard InChI is InChI=1S/C38H23N5/c1-3-10-24(11-4-1)42-30-16-8-7-14-28(30)33-31(42)20-18-29-34-32(43(37(29)33)25-12-5-2-6-13-25)19-17-27-26-15-9-21-39-35(26)38-40-22-23-41(38)36(27)34/h1-23H. The summed E-state index contributed by atoms with van der Waals surface area (Å²) < 4.78 is 7.06. The number of pyridine rings is 2. The lowest BCUT2D eigenvalue weighted by Gasteiger charge is -2.11. The minimum Gasteiger partial charge on any atom is -0.309 e. The van der Waals surface area contributed by atoms with Crippen molar-refractivity contribution >= 4 is 71.1 Å². The summed E-state index contributed by atoms with van der Waals surface area (Å²) in [6.07, 6.45) is 5.79. The second-order valence-corrected chi connectivity index (χ2v) is 11.1. The van der Waals surface area contributed by atoms with Crippen molar-refractivity contribution in [1.29, 1.82) is 0 Å². The molecule has 5 aromatic heterocycles. The number of nitrogens with zero attached hydrogens (tertiary/aromatic N) is 5. The fourth-order valence-electron chi connectivity index (χ4n) is 7.26. The number of aromatic nitrogens is 5. The quantitative estimate of drug-likeness (QED) is 0.202. The van der Waals surface area contributed by atoms with E-state index >= 15 is 0 Å². The molecule has 5 nitrogen and oxygen atoms in total. The van der Waals surface area contributed by atoms with Crippen molar-refractivity contribution in [2.75, 3.05) is 0 Å². The summed E-state index contributed by atoms with van der Waals surface area (Å²) in [5.41, 5.74) is 9.98. The Hall–Kier alpha value is -5.94. The van der Waals surface area contributed by atoms with Gasteiger partial charge in [0.15, 0.2) is 5.65 Å². The van der Waals surface area contributed by atoms with Crippen molar-refractivity contribution < 1.29 is 0 Å². The molecule has 0 bridgehead atoms. The average Bonchev–Trinajstić information content (AvgIpc) is 3.78. The Morgan fingerprint density at radius 3 is 1.88 bits per heavy atom. The lowest BCUT2D eigenvalue weighted by atomic mass is 10.0. The zero-order valence-electron chi connectivity index (χ0n) is 23.0. The predicted octanol–water partition coefficient (Wildman–Crippen LogP) is 9.23. The molecule has 5 aromatic carbocycles. The molecule has 0 spiro atoms. The lowest BCUT2D eigenvalue weighted by Crippen LogP contribution is -1.96. The van der Waals surface area contributed by atoms with Crippen molar-refractivity contribution in [3.8, 4) is 11.4 Å². The van der Waals surface area contributed by atoms with Gasteiger partial charge in [-0.1, -0.05) is 66.7 Å². The van der Waals surface area contributed by atoms with E-state index in [0.29, 0.717) is 0 Å². The van der Waals surface area contributed by atoms with Crippen molar-refractivity contribution in [1.82, 2.24) is 23.5 Å². The van der Waals surface area contributed by atoms with Gasteiger partial charge in [0.1, 0.15) is 5.52 Å². The Balaban J connectivity index is 1.51. The van der Waals surface area contributed by atoms with Crippen LogP contribution in [0.4, 0.5) is 0 Å². The predicted molar refractivity (Wildman–Crippen MR) is 177 cm³/mol. The largest absolute Gasteiger partial charge is 0.309 e. The summed E-state index contributed by atoms with van der Waals surface area (Å²) in [4.78, 5) is 9.51. The van der Waals surface area contributed by atoms with Gasteiger partial charge in [0.05, 0.1) is 27.6 Å². The number of hydrogen-bond donors (Lipinski definition) is 0. The molecule has 43 heavy (non-hydrogen) atoms. The summed E-state index contributed by atoms with van der Waals surface area (Å²) in [5.74, 6) is 0.